The summed E-state index contributed by atoms with van der Waals surface area (Å²) in [5, 5.41) is 2.74. The fourth-order valence-electron chi connectivity index (χ4n) is 1.29. The average molecular weight is 274 g/mol. The second-order valence-corrected chi connectivity index (χ2v) is 3.96. The Balaban J connectivity index is 2.45. The molecule has 1 aromatic rings. The van der Waals surface area contributed by atoms with Gasteiger partial charge in [-0.1, -0.05) is 17.7 Å². The molecule has 0 heterocycles. The lowest BCUT2D eigenvalue weighted by Crippen LogP contribution is -2.24. The number of methoxy groups -OCH3 is 1. The van der Waals surface area contributed by atoms with Crippen molar-refractivity contribution >= 4 is 23.5 Å². The number of nitrogens with one attached hydrogen (secondary N) is 1. The number of hydrogen-bond acceptors (Lipinski definition) is 3. The highest BCUT2D eigenvalue weighted by molar-refractivity contribution is 6.31. The molecule has 0 unspecified atom stereocenters. The number of carbonyl (C=O) groups is 2. The van der Waals surface area contributed by atoms with Gasteiger partial charge < -0.3 is 10.1 Å². The highest BCUT2D eigenvalue weighted by atomic mass is 35.5. The van der Waals surface area contributed by atoms with Crippen LogP contribution in [0, 0.1) is 5.82 Å². The van der Waals surface area contributed by atoms with Gasteiger partial charge in [0.2, 0.25) is 5.91 Å². The Morgan fingerprint density at radius 2 is 2.11 bits per heavy atom. The summed E-state index contributed by atoms with van der Waals surface area (Å²) in [6.45, 7) is -0.00842. The molecule has 0 aliphatic heterocycles. The summed E-state index contributed by atoms with van der Waals surface area (Å²) in [6.07, 6.45) is -0.00785. The fraction of sp³-hybridized carbons (Fsp3) is 0.333. The molecule has 0 aliphatic carbocycles. The second kappa shape index (κ2) is 6.96. The van der Waals surface area contributed by atoms with Crippen molar-refractivity contribution < 1.29 is 18.7 Å². The maximum absolute atomic E-state index is 13.4. The van der Waals surface area contributed by atoms with Gasteiger partial charge in [0.15, 0.2) is 0 Å². The smallest absolute Gasteiger partial charge is 0.306 e. The fourth-order valence-corrected chi connectivity index (χ4v) is 1.52. The summed E-state index contributed by atoms with van der Waals surface area (Å²) < 4.78 is 17.8. The predicted molar refractivity (Wildman–Crippen MR) is 64.5 cm³/mol. The van der Waals surface area contributed by atoms with Crippen molar-refractivity contribution in [3.05, 3.63) is 34.6 Å². The quantitative estimate of drug-likeness (QED) is 0.836. The maximum atomic E-state index is 13.4. The van der Waals surface area contributed by atoms with Crippen LogP contribution >= 0.6 is 11.6 Å². The van der Waals surface area contributed by atoms with Gasteiger partial charge in [-0.15, -0.1) is 0 Å². The molecule has 0 radical (unpaired) electrons. The zero-order valence-corrected chi connectivity index (χ0v) is 10.6. The molecule has 0 aliphatic rings. The van der Waals surface area contributed by atoms with Gasteiger partial charge >= 0.3 is 5.97 Å². The maximum Gasteiger partial charge on any atom is 0.306 e. The first-order valence-corrected chi connectivity index (χ1v) is 5.68. The van der Waals surface area contributed by atoms with Crippen molar-refractivity contribution in [2.45, 2.75) is 19.4 Å². The number of amides is 1. The molecule has 4 nitrogen and oxygen atoms in total. The SMILES string of the molecule is COC(=O)CCC(=O)NCc1c(F)cccc1Cl. The van der Waals surface area contributed by atoms with E-state index in [0.717, 1.165) is 0 Å². The van der Waals surface area contributed by atoms with E-state index < -0.39 is 11.8 Å². The first-order chi connectivity index (χ1) is 8.54. The standard InChI is InChI=1S/C12H13ClFNO3/c1-18-12(17)6-5-11(16)15-7-8-9(13)3-2-4-10(8)14/h2-4H,5-7H2,1H3,(H,15,16). The molecule has 1 amide bonds. The number of ether oxygens (including phenoxy) is 1. The number of carbonyl (C=O) groups excluding carboxylic acids is 2. The monoisotopic (exact) mass is 273 g/mol. The van der Waals surface area contributed by atoms with Crippen molar-refractivity contribution in [2.24, 2.45) is 0 Å². The minimum Gasteiger partial charge on any atom is -0.469 e. The normalized spacial score (nSPS) is 9.94. The van der Waals surface area contributed by atoms with Crippen LogP contribution in [-0.2, 0) is 20.9 Å². The zero-order valence-electron chi connectivity index (χ0n) is 9.83. The van der Waals surface area contributed by atoms with Crippen molar-refractivity contribution in [2.75, 3.05) is 7.11 Å². The number of halogens is 2. The van der Waals surface area contributed by atoms with E-state index in [4.69, 9.17) is 11.6 Å². The third-order valence-corrected chi connectivity index (χ3v) is 2.66. The van der Waals surface area contributed by atoms with Crippen LogP contribution in [0.2, 0.25) is 5.02 Å². The van der Waals surface area contributed by atoms with Crippen molar-refractivity contribution in [3.8, 4) is 0 Å². The Labute approximate surface area is 109 Å². The van der Waals surface area contributed by atoms with Gasteiger partial charge in [-0.2, -0.15) is 0 Å². The van der Waals surface area contributed by atoms with E-state index in [1.807, 2.05) is 0 Å². The Morgan fingerprint density at radius 3 is 2.72 bits per heavy atom. The minimum absolute atomic E-state index is 0.00125. The highest BCUT2D eigenvalue weighted by Gasteiger charge is 2.10. The summed E-state index contributed by atoms with van der Waals surface area (Å²) in [5.41, 5.74) is 0.227. The molecule has 6 heteroatoms. The largest absolute Gasteiger partial charge is 0.469 e. The van der Waals surface area contributed by atoms with Crippen molar-refractivity contribution in [3.63, 3.8) is 0 Å². The molecule has 0 saturated heterocycles. The molecule has 18 heavy (non-hydrogen) atoms. The van der Waals surface area contributed by atoms with E-state index >= 15 is 0 Å². The van der Waals surface area contributed by atoms with E-state index in [2.05, 4.69) is 10.1 Å². The molecule has 0 spiro atoms. The summed E-state index contributed by atoms with van der Waals surface area (Å²) in [4.78, 5) is 22.2. The molecule has 0 fully saturated rings. The summed E-state index contributed by atoms with van der Waals surface area (Å²) >= 11 is 5.80. The van der Waals surface area contributed by atoms with E-state index in [0.29, 0.717) is 0 Å². The van der Waals surface area contributed by atoms with Crippen molar-refractivity contribution in [1.82, 2.24) is 5.32 Å². The summed E-state index contributed by atoms with van der Waals surface area (Å²) in [6, 6.07) is 4.29. The third kappa shape index (κ3) is 4.33. The number of rotatable bonds is 5. The van der Waals surface area contributed by atoms with Gasteiger partial charge in [0.05, 0.1) is 13.5 Å². The molecule has 0 aromatic heterocycles. The molecule has 1 rings (SSSR count). The molecular formula is C12H13ClFNO3. The number of esters is 1. The van der Waals surface area contributed by atoms with Gasteiger partial charge in [-0.25, -0.2) is 4.39 Å². The van der Waals surface area contributed by atoms with Crippen molar-refractivity contribution in [1.29, 1.82) is 0 Å². The van der Waals surface area contributed by atoms with Crippen LogP contribution in [0.5, 0.6) is 0 Å². The van der Waals surface area contributed by atoms with Gasteiger partial charge in [0.25, 0.3) is 0 Å². The molecule has 0 saturated carbocycles. The lowest BCUT2D eigenvalue weighted by Gasteiger charge is -2.07. The van der Waals surface area contributed by atoms with Gasteiger partial charge in [-0.05, 0) is 12.1 Å². The van der Waals surface area contributed by atoms with Crippen LogP contribution in [0.25, 0.3) is 0 Å². The molecule has 0 bridgehead atoms. The molecule has 0 atom stereocenters. The molecule has 98 valence electrons. The minimum atomic E-state index is -0.476. The zero-order chi connectivity index (χ0) is 13.5. The van der Waals surface area contributed by atoms with Gasteiger partial charge in [0, 0.05) is 23.6 Å². The number of benzene rings is 1. The molecule has 1 N–H and O–H groups in total. The van der Waals surface area contributed by atoms with Crippen LogP contribution in [0.3, 0.4) is 0 Å². The Morgan fingerprint density at radius 1 is 1.39 bits per heavy atom. The topological polar surface area (TPSA) is 55.4 Å². The van der Waals surface area contributed by atoms with Crippen LogP contribution in [0.4, 0.5) is 4.39 Å². The van der Waals surface area contributed by atoms with Crippen LogP contribution in [-0.4, -0.2) is 19.0 Å². The van der Waals surface area contributed by atoms with E-state index in [1.165, 1.54) is 19.2 Å². The lowest BCUT2D eigenvalue weighted by atomic mass is 10.2. The number of hydrogen-bond donors (Lipinski definition) is 1. The first-order valence-electron chi connectivity index (χ1n) is 5.31. The van der Waals surface area contributed by atoms with Crippen LogP contribution in [0.15, 0.2) is 18.2 Å². The highest BCUT2D eigenvalue weighted by Crippen LogP contribution is 2.18. The summed E-state index contributed by atoms with van der Waals surface area (Å²) in [7, 11) is 1.25. The predicted octanol–water partition coefficient (Wildman–Crippen LogP) is 2.05. The first kappa shape index (κ1) is 14.4. The van der Waals surface area contributed by atoms with Gasteiger partial charge in [-0.3, -0.25) is 9.59 Å². The van der Waals surface area contributed by atoms with E-state index in [-0.39, 0.29) is 35.9 Å². The van der Waals surface area contributed by atoms with E-state index in [9.17, 15) is 14.0 Å². The Hall–Kier alpha value is -1.62. The molecule has 1 aromatic carbocycles. The molecular weight excluding hydrogens is 261 g/mol. The lowest BCUT2D eigenvalue weighted by molar-refractivity contribution is -0.142. The van der Waals surface area contributed by atoms with Crippen LogP contribution in [0.1, 0.15) is 18.4 Å². The van der Waals surface area contributed by atoms with Crippen LogP contribution < -0.4 is 5.32 Å². The Kier molecular flexibility index (Phi) is 5.58. The average Bonchev–Trinajstić information content (AvgIpc) is 2.35. The van der Waals surface area contributed by atoms with Gasteiger partial charge in [0.1, 0.15) is 5.82 Å². The van der Waals surface area contributed by atoms with E-state index in [1.54, 1.807) is 6.07 Å². The summed E-state index contributed by atoms with van der Waals surface area (Å²) in [5.74, 6) is -1.30. The third-order valence-electron chi connectivity index (χ3n) is 2.31. The second-order valence-electron chi connectivity index (χ2n) is 3.55. The Bertz CT molecular complexity index is 431.